The second-order valence-electron chi connectivity index (χ2n) is 6.86. The van der Waals surface area contributed by atoms with Crippen molar-refractivity contribution in [2.45, 2.75) is 12.8 Å². The third-order valence-electron chi connectivity index (χ3n) is 4.78. The lowest BCUT2D eigenvalue weighted by Gasteiger charge is -2.25. The van der Waals surface area contributed by atoms with Crippen molar-refractivity contribution >= 4 is 41.0 Å². The van der Waals surface area contributed by atoms with Gasteiger partial charge in [0.15, 0.2) is 0 Å². The van der Waals surface area contributed by atoms with E-state index in [0.29, 0.717) is 28.8 Å². The number of carbonyl (C=O) groups is 1. The Balaban J connectivity index is 1.64. The topological polar surface area (TPSA) is 35.6 Å². The molecule has 6 heteroatoms. The second-order valence-corrected chi connectivity index (χ2v) is 7.71. The molecule has 1 saturated heterocycles. The lowest BCUT2D eigenvalue weighted by Crippen LogP contribution is -2.40. The monoisotopic (exact) mass is 417 g/mol. The lowest BCUT2D eigenvalue weighted by atomic mass is 10.2. The Morgan fingerprint density at radius 2 is 1.86 bits per heavy atom. The summed E-state index contributed by atoms with van der Waals surface area (Å²) in [6.45, 7) is 4.29. The summed E-state index contributed by atoms with van der Waals surface area (Å²) in [5, 5.41) is 3.88. The number of halogens is 2. The van der Waals surface area contributed by atoms with Gasteiger partial charge in [-0.2, -0.15) is 0 Å². The standard InChI is InChI=1S/C22H25Cl2N3O/c23-19-10-11-21(20(24)17-19)25-22(28)27(16-15-26-12-4-5-13-26)14-6-9-18-7-2-1-3-8-18/h1-3,6-11,17H,4-5,12-16H2,(H,25,28)/b9-6+. The van der Waals surface area contributed by atoms with E-state index in [-0.39, 0.29) is 6.03 Å². The maximum atomic E-state index is 12.9. The average Bonchev–Trinajstić information content (AvgIpc) is 3.21. The first-order valence-corrected chi connectivity index (χ1v) is 10.3. The molecule has 4 nitrogen and oxygen atoms in total. The number of hydrogen-bond acceptors (Lipinski definition) is 2. The molecular formula is C22H25Cl2N3O. The first kappa shape index (κ1) is 20.7. The highest BCUT2D eigenvalue weighted by atomic mass is 35.5. The summed E-state index contributed by atoms with van der Waals surface area (Å²) in [6.07, 6.45) is 6.52. The van der Waals surface area contributed by atoms with Crippen LogP contribution < -0.4 is 5.32 Å². The summed E-state index contributed by atoms with van der Waals surface area (Å²) in [5.74, 6) is 0. The Kier molecular flexibility index (Phi) is 7.78. The number of anilines is 1. The number of carbonyl (C=O) groups excluding carboxylic acids is 1. The second kappa shape index (κ2) is 10.5. The largest absolute Gasteiger partial charge is 0.322 e. The van der Waals surface area contributed by atoms with E-state index >= 15 is 0 Å². The van der Waals surface area contributed by atoms with Crippen LogP contribution in [0.5, 0.6) is 0 Å². The molecule has 0 saturated carbocycles. The molecule has 1 aliphatic heterocycles. The van der Waals surface area contributed by atoms with Gasteiger partial charge in [0.25, 0.3) is 0 Å². The van der Waals surface area contributed by atoms with Gasteiger partial charge in [-0.3, -0.25) is 0 Å². The van der Waals surface area contributed by atoms with Gasteiger partial charge in [0.2, 0.25) is 0 Å². The first-order valence-electron chi connectivity index (χ1n) is 9.57. The molecule has 1 heterocycles. The van der Waals surface area contributed by atoms with Crippen molar-refractivity contribution in [1.82, 2.24) is 9.80 Å². The maximum absolute atomic E-state index is 12.9. The van der Waals surface area contributed by atoms with E-state index in [1.165, 1.54) is 12.8 Å². The zero-order valence-corrected chi connectivity index (χ0v) is 17.3. The summed E-state index contributed by atoms with van der Waals surface area (Å²) in [4.78, 5) is 17.1. The molecule has 0 aromatic heterocycles. The predicted molar refractivity (Wildman–Crippen MR) is 118 cm³/mol. The molecular weight excluding hydrogens is 393 g/mol. The van der Waals surface area contributed by atoms with E-state index in [1.54, 1.807) is 18.2 Å². The van der Waals surface area contributed by atoms with Crippen molar-refractivity contribution in [3.63, 3.8) is 0 Å². The number of nitrogens with one attached hydrogen (secondary N) is 1. The van der Waals surface area contributed by atoms with Crippen molar-refractivity contribution in [3.05, 3.63) is 70.2 Å². The Morgan fingerprint density at radius 3 is 2.57 bits per heavy atom. The quantitative estimate of drug-likeness (QED) is 0.632. The summed E-state index contributed by atoms with van der Waals surface area (Å²) in [5.41, 5.74) is 1.68. The fourth-order valence-electron chi connectivity index (χ4n) is 3.21. The van der Waals surface area contributed by atoms with Gasteiger partial charge in [-0.15, -0.1) is 0 Å². The molecule has 148 valence electrons. The highest BCUT2D eigenvalue weighted by molar-refractivity contribution is 6.36. The van der Waals surface area contributed by atoms with Crippen molar-refractivity contribution in [3.8, 4) is 0 Å². The molecule has 0 atom stereocenters. The van der Waals surface area contributed by atoms with E-state index in [1.807, 2.05) is 47.4 Å². The zero-order chi connectivity index (χ0) is 19.8. The molecule has 0 spiro atoms. The molecule has 0 radical (unpaired) electrons. The third kappa shape index (κ3) is 6.26. The number of amides is 2. The van der Waals surface area contributed by atoms with Crippen LogP contribution in [0.1, 0.15) is 18.4 Å². The Labute approximate surface area is 176 Å². The van der Waals surface area contributed by atoms with Gasteiger partial charge in [0.1, 0.15) is 0 Å². The minimum atomic E-state index is -0.166. The van der Waals surface area contributed by atoms with Crippen molar-refractivity contribution in [2.75, 3.05) is 38.0 Å². The van der Waals surface area contributed by atoms with Gasteiger partial charge in [0.05, 0.1) is 10.7 Å². The summed E-state index contributed by atoms with van der Waals surface area (Å²) >= 11 is 12.1. The van der Waals surface area contributed by atoms with Crippen LogP contribution in [-0.2, 0) is 0 Å². The molecule has 1 fully saturated rings. The van der Waals surface area contributed by atoms with Crippen LogP contribution in [0.3, 0.4) is 0 Å². The average molecular weight is 418 g/mol. The normalized spacial score (nSPS) is 14.5. The minimum Gasteiger partial charge on any atom is -0.320 e. The van der Waals surface area contributed by atoms with Gasteiger partial charge < -0.3 is 15.1 Å². The van der Waals surface area contributed by atoms with Gasteiger partial charge in [-0.25, -0.2) is 4.79 Å². The number of rotatable bonds is 7. The predicted octanol–water partition coefficient (Wildman–Crippen LogP) is 5.64. The Bertz CT molecular complexity index is 805. The molecule has 1 N–H and O–H groups in total. The van der Waals surface area contributed by atoms with Crippen LogP contribution in [0.25, 0.3) is 6.08 Å². The van der Waals surface area contributed by atoms with Crippen LogP contribution in [-0.4, -0.2) is 48.6 Å². The summed E-state index contributed by atoms with van der Waals surface area (Å²) in [7, 11) is 0. The third-order valence-corrected chi connectivity index (χ3v) is 5.33. The molecule has 2 aromatic carbocycles. The number of hydrogen-bond donors (Lipinski definition) is 1. The smallest absolute Gasteiger partial charge is 0.320 e. The van der Waals surface area contributed by atoms with E-state index in [0.717, 1.165) is 25.2 Å². The van der Waals surface area contributed by atoms with E-state index in [4.69, 9.17) is 23.2 Å². The van der Waals surface area contributed by atoms with Crippen LogP contribution in [0.2, 0.25) is 10.0 Å². The fraction of sp³-hybridized carbons (Fsp3) is 0.318. The van der Waals surface area contributed by atoms with Gasteiger partial charge in [-0.1, -0.05) is 65.7 Å². The number of urea groups is 1. The van der Waals surface area contributed by atoms with Crippen LogP contribution in [0, 0.1) is 0 Å². The molecule has 2 aromatic rings. The fourth-order valence-corrected chi connectivity index (χ4v) is 3.67. The molecule has 0 unspecified atom stereocenters. The zero-order valence-electron chi connectivity index (χ0n) is 15.8. The summed E-state index contributed by atoms with van der Waals surface area (Å²) in [6, 6.07) is 15.0. The van der Waals surface area contributed by atoms with E-state index in [9.17, 15) is 4.79 Å². The first-order chi connectivity index (χ1) is 13.6. The van der Waals surface area contributed by atoms with Crippen LogP contribution >= 0.6 is 23.2 Å². The highest BCUT2D eigenvalue weighted by Crippen LogP contribution is 2.25. The van der Waals surface area contributed by atoms with Gasteiger partial charge in [0, 0.05) is 24.7 Å². The van der Waals surface area contributed by atoms with E-state index in [2.05, 4.69) is 10.2 Å². The lowest BCUT2D eigenvalue weighted by molar-refractivity contribution is 0.207. The summed E-state index contributed by atoms with van der Waals surface area (Å²) < 4.78 is 0. The van der Waals surface area contributed by atoms with Gasteiger partial charge in [-0.05, 0) is 49.7 Å². The molecule has 2 amide bonds. The number of likely N-dealkylation sites (tertiary alicyclic amines) is 1. The molecule has 28 heavy (non-hydrogen) atoms. The SMILES string of the molecule is O=C(Nc1ccc(Cl)cc1Cl)N(C/C=C/c1ccccc1)CCN1CCCC1. The van der Waals surface area contributed by atoms with E-state index < -0.39 is 0 Å². The molecule has 3 rings (SSSR count). The maximum Gasteiger partial charge on any atom is 0.322 e. The molecule has 0 aliphatic carbocycles. The van der Waals surface area contributed by atoms with Crippen LogP contribution in [0.4, 0.5) is 10.5 Å². The highest BCUT2D eigenvalue weighted by Gasteiger charge is 2.17. The Hall–Kier alpha value is -2.01. The van der Waals surface area contributed by atoms with Gasteiger partial charge >= 0.3 is 6.03 Å². The minimum absolute atomic E-state index is 0.166. The number of benzene rings is 2. The Morgan fingerprint density at radius 1 is 1.11 bits per heavy atom. The van der Waals surface area contributed by atoms with Crippen molar-refractivity contribution in [1.29, 1.82) is 0 Å². The van der Waals surface area contributed by atoms with Crippen molar-refractivity contribution < 1.29 is 4.79 Å². The molecule has 1 aliphatic rings. The molecule has 0 bridgehead atoms. The van der Waals surface area contributed by atoms with Crippen LogP contribution in [0.15, 0.2) is 54.6 Å². The van der Waals surface area contributed by atoms with Crippen molar-refractivity contribution in [2.24, 2.45) is 0 Å². The number of nitrogens with zero attached hydrogens (tertiary/aromatic N) is 2.